The fraction of sp³-hybridized carbons (Fsp3) is 0.200. The normalized spacial score (nSPS) is 16.5. The minimum absolute atomic E-state index is 0.0973. The number of carboxylic acid groups (broad SMARTS) is 1. The van der Waals surface area contributed by atoms with Crippen LogP contribution in [0.25, 0.3) is 0 Å². The van der Waals surface area contributed by atoms with Gasteiger partial charge >= 0.3 is 5.97 Å². The fourth-order valence-corrected chi connectivity index (χ4v) is 2.38. The Balaban J connectivity index is 1.82. The number of pyridine rings is 1. The number of carboxylic acids is 1. The van der Waals surface area contributed by atoms with E-state index in [0.717, 1.165) is 17.7 Å². The number of aromatic carboxylic acids is 1. The van der Waals surface area contributed by atoms with Crippen molar-refractivity contribution < 1.29 is 14.6 Å². The number of hydrogen-bond acceptors (Lipinski definition) is 3. The molecule has 2 heterocycles. The highest BCUT2D eigenvalue weighted by Crippen LogP contribution is 2.28. The minimum Gasteiger partial charge on any atom is -0.488 e. The van der Waals surface area contributed by atoms with Gasteiger partial charge in [0.2, 0.25) is 0 Å². The highest BCUT2D eigenvalue weighted by atomic mass is 16.5. The zero-order valence-corrected chi connectivity index (χ0v) is 10.7. The Kier molecular flexibility index (Phi) is 3.02. The molecular formula is C15H13NO4. The molecule has 0 bridgehead atoms. The van der Waals surface area contributed by atoms with E-state index in [-0.39, 0.29) is 17.2 Å². The second-order valence-corrected chi connectivity index (χ2v) is 4.77. The van der Waals surface area contributed by atoms with E-state index in [1.807, 2.05) is 24.3 Å². The maximum Gasteiger partial charge on any atom is 0.337 e. The Bertz CT molecular complexity index is 695. The number of rotatable bonds is 3. The monoisotopic (exact) mass is 271 g/mol. The van der Waals surface area contributed by atoms with Gasteiger partial charge < -0.3 is 14.4 Å². The number of benzene rings is 1. The van der Waals surface area contributed by atoms with E-state index in [1.165, 1.54) is 22.9 Å². The number of hydrogen-bond donors (Lipinski definition) is 1. The number of para-hydroxylation sites is 1. The average molecular weight is 271 g/mol. The van der Waals surface area contributed by atoms with Crippen LogP contribution in [0.5, 0.6) is 5.75 Å². The molecule has 0 amide bonds. The molecule has 5 heteroatoms. The standard InChI is InChI=1S/C15H13NO4/c17-14-6-5-11(15(18)19)8-16(14)9-12-7-10-3-1-2-4-13(10)20-12/h1-6,8,12H,7,9H2,(H,18,19). The van der Waals surface area contributed by atoms with Crippen molar-refractivity contribution in [2.75, 3.05) is 0 Å². The third-order valence-corrected chi connectivity index (χ3v) is 3.34. The summed E-state index contributed by atoms with van der Waals surface area (Å²) in [6.07, 6.45) is 1.94. The lowest BCUT2D eigenvalue weighted by molar-refractivity contribution is 0.0695. The topological polar surface area (TPSA) is 68.5 Å². The molecule has 3 rings (SSSR count). The first kappa shape index (κ1) is 12.5. The van der Waals surface area contributed by atoms with Crippen molar-refractivity contribution in [1.82, 2.24) is 4.57 Å². The Hall–Kier alpha value is -2.56. The van der Waals surface area contributed by atoms with Gasteiger partial charge in [-0.1, -0.05) is 18.2 Å². The maximum atomic E-state index is 11.8. The second-order valence-electron chi connectivity index (χ2n) is 4.77. The molecule has 20 heavy (non-hydrogen) atoms. The molecule has 0 saturated carbocycles. The molecule has 0 fully saturated rings. The second kappa shape index (κ2) is 4.85. The predicted octanol–water partition coefficient (Wildman–Crippen LogP) is 1.55. The van der Waals surface area contributed by atoms with Crippen molar-refractivity contribution in [3.8, 4) is 5.75 Å². The molecular weight excluding hydrogens is 258 g/mol. The van der Waals surface area contributed by atoms with Crippen LogP contribution in [0.4, 0.5) is 0 Å². The van der Waals surface area contributed by atoms with Crippen LogP contribution >= 0.6 is 0 Å². The van der Waals surface area contributed by atoms with Gasteiger partial charge in [-0.05, 0) is 17.7 Å². The van der Waals surface area contributed by atoms with Crippen molar-refractivity contribution >= 4 is 5.97 Å². The molecule has 0 spiro atoms. The van der Waals surface area contributed by atoms with Gasteiger partial charge in [0.1, 0.15) is 11.9 Å². The van der Waals surface area contributed by atoms with E-state index in [9.17, 15) is 9.59 Å². The van der Waals surface area contributed by atoms with Crippen LogP contribution in [0.3, 0.4) is 0 Å². The van der Waals surface area contributed by atoms with Crippen LogP contribution in [0.2, 0.25) is 0 Å². The van der Waals surface area contributed by atoms with Crippen LogP contribution < -0.4 is 10.3 Å². The smallest absolute Gasteiger partial charge is 0.337 e. The highest BCUT2D eigenvalue weighted by molar-refractivity contribution is 5.87. The predicted molar refractivity (Wildman–Crippen MR) is 72.2 cm³/mol. The Morgan fingerprint density at radius 2 is 2.10 bits per heavy atom. The molecule has 1 atom stereocenters. The summed E-state index contributed by atoms with van der Waals surface area (Å²) in [5, 5.41) is 8.96. The quantitative estimate of drug-likeness (QED) is 0.919. The molecule has 0 aliphatic carbocycles. The van der Waals surface area contributed by atoms with E-state index < -0.39 is 5.97 Å². The molecule has 1 N–H and O–H groups in total. The molecule has 1 aromatic carbocycles. The third kappa shape index (κ3) is 2.30. The number of aromatic nitrogens is 1. The first-order valence-electron chi connectivity index (χ1n) is 6.32. The van der Waals surface area contributed by atoms with Gasteiger partial charge in [-0.2, -0.15) is 0 Å². The molecule has 1 unspecified atom stereocenters. The number of nitrogens with zero attached hydrogens (tertiary/aromatic N) is 1. The van der Waals surface area contributed by atoms with Crippen molar-refractivity contribution in [2.45, 2.75) is 19.1 Å². The van der Waals surface area contributed by atoms with E-state index in [1.54, 1.807) is 0 Å². The summed E-state index contributed by atoms with van der Waals surface area (Å²) in [5.41, 5.74) is 0.981. The van der Waals surface area contributed by atoms with E-state index in [2.05, 4.69) is 0 Å². The SMILES string of the molecule is O=C(O)c1ccc(=O)n(CC2Cc3ccccc3O2)c1. The molecule has 1 aliphatic rings. The largest absolute Gasteiger partial charge is 0.488 e. The van der Waals surface area contributed by atoms with Crippen LogP contribution in [0.15, 0.2) is 47.4 Å². The summed E-state index contributed by atoms with van der Waals surface area (Å²) in [6.45, 7) is 0.342. The summed E-state index contributed by atoms with van der Waals surface area (Å²) >= 11 is 0. The third-order valence-electron chi connectivity index (χ3n) is 3.34. The first-order chi connectivity index (χ1) is 9.63. The number of ether oxygens (including phenoxy) is 1. The molecule has 0 saturated heterocycles. The van der Waals surface area contributed by atoms with E-state index >= 15 is 0 Å². The zero-order chi connectivity index (χ0) is 14.1. The van der Waals surface area contributed by atoms with Crippen LogP contribution in [-0.4, -0.2) is 21.7 Å². The zero-order valence-electron chi connectivity index (χ0n) is 10.7. The summed E-state index contributed by atoms with van der Waals surface area (Å²) < 4.78 is 7.15. The molecule has 1 aliphatic heterocycles. The lowest BCUT2D eigenvalue weighted by atomic mass is 10.1. The maximum absolute atomic E-state index is 11.8. The van der Waals surface area contributed by atoms with Gasteiger partial charge in [-0.15, -0.1) is 0 Å². The fourth-order valence-electron chi connectivity index (χ4n) is 2.38. The van der Waals surface area contributed by atoms with Crippen molar-refractivity contribution in [1.29, 1.82) is 0 Å². The van der Waals surface area contributed by atoms with Crippen LogP contribution in [0, 0.1) is 0 Å². The first-order valence-corrected chi connectivity index (χ1v) is 6.32. The van der Waals surface area contributed by atoms with Gasteiger partial charge in [0.15, 0.2) is 0 Å². The molecule has 5 nitrogen and oxygen atoms in total. The van der Waals surface area contributed by atoms with Gasteiger partial charge in [-0.25, -0.2) is 4.79 Å². The molecule has 2 aromatic rings. The van der Waals surface area contributed by atoms with Crippen molar-refractivity contribution in [3.63, 3.8) is 0 Å². The lowest BCUT2D eigenvalue weighted by Gasteiger charge is -2.13. The van der Waals surface area contributed by atoms with Crippen molar-refractivity contribution in [3.05, 3.63) is 64.1 Å². The van der Waals surface area contributed by atoms with Crippen LogP contribution in [0.1, 0.15) is 15.9 Å². The Morgan fingerprint density at radius 1 is 1.30 bits per heavy atom. The minimum atomic E-state index is -1.05. The number of fused-ring (bicyclic) bond motifs is 1. The molecule has 0 radical (unpaired) electrons. The summed E-state index contributed by atoms with van der Waals surface area (Å²) in [6, 6.07) is 10.3. The Labute approximate surface area is 115 Å². The van der Waals surface area contributed by atoms with Gasteiger partial charge in [0.25, 0.3) is 5.56 Å². The van der Waals surface area contributed by atoms with Gasteiger partial charge in [0, 0.05) is 18.7 Å². The summed E-state index contributed by atoms with van der Waals surface area (Å²) in [4.78, 5) is 22.7. The van der Waals surface area contributed by atoms with Crippen LogP contribution in [-0.2, 0) is 13.0 Å². The van der Waals surface area contributed by atoms with Gasteiger partial charge in [0.05, 0.1) is 12.1 Å². The van der Waals surface area contributed by atoms with E-state index in [4.69, 9.17) is 9.84 Å². The highest BCUT2D eigenvalue weighted by Gasteiger charge is 2.23. The van der Waals surface area contributed by atoms with E-state index in [0.29, 0.717) is 6.54 Å². The molecule has 102 valence electrons. The molecule has 1 aromatic heterocycles. The lowest BCUT2D eigenvalue weighted by Crippen LogP contribution is -2.29. The van der Waals surface area contributed by atoms with Crippen molar-refractivity contribution in [2.24, 2.45) is 0 Å². The Morgan fingerprint density at radius 3 is 2.85 bits per heavy atom. The summed E-state index contributed by atoms with van der Waals surface area (Å²) in [5.74, 6) is -0.214. The number of carbonyl (C=O) groups is 1. The summed E-state index contributed by atoms with van der Waals surface area (Å²) in [7, 11) is 0. The average Bonchev–Trinajstić information content (AvgIpc) is 2.83. The van der Waals surface area contributed by atoms with Gasteiger partial charge in [-0.3, -0.25) is 4.79 Å².